The van der Waals surface area contributed by atoms with Gasteiger partial charge in [0, 0.05) is 97.7 Å². The molecule has 5 aliphatic rings. The first-order chi connectivity index (χ1) is 35.0. The number of carbonyl (C=O) groups is 1. The maximum absolute atomic E-state index is 12.3. The molecule has 5 aromatic rings. The molecule has 10 heteroatoms. The zero-order chi connectivity index (χ0) is 50.6. The highest BCUT2D eigenvalue weighted by atomic mass is 28.4. The number of benzene rings is 5. The number of aliphatic hydroxyl groups excluding tert-OH is 1. The molecule has 1 atom stereocenters. The molecule has 72 heavy (non-hydrogen) atoms. The van der Waals surface area contributed by atoms with Crippen LogP contribution in [0.1, 0.15) is 102 Å². The number of carbonyl (C=O) groups excluding carboxylic acids is 1. The Kier molecular flexibility index (Phi) is 21.5. The molecule has 1 saturated heterocycles. The molecule has 1 unspecified atom stereocenters. The zero-order valence-electron chi connectivity index (χ0n) is 44.6. The number of hydrogen-bond acceptors (Lipinski definition) is 8. The Labute approximate surface area is 435 Å². The van der Waals surface area contributed by atoms with E-state index in [9.17, 15) is 4.79 Å². The second kappa shape index (κ2) is 28.1. The highest BCUT2D eigenvalue weighted by Crippen LogP contribution is 2.36. The van der Waals surface area contributed by atoms with Crippen LogP contribution in [0.25, 0.3) is 0 Å². The number of ether oxygens (including phenoxy) is 1. The zero-order valence-corrected chi connectivity index (χ0v) is 45.6. The smallest absolute Gasteiger partial charge is 0.409 e. The van der Waals surface area contributed by atoms with Crippen molar-refractivity contribution in [3.05, 3.63) is 177 Å². The van der Waals surface area contributed by atoms with Crippen molar-refractivity contribution in [1.82, 2.24) is 24.9 Å². The second-order valence-electron chi connectivity index (χ2n) is 21.9. The summed E-state index contributed by atoms with van der Waals surface area (Å²) in [5.74, 6) is 0.437. The average molecular weight is 994 g/mol. The fourth-order valence-electron chi connectivity index (χ4n) is 10.2. The fourth-order valence-corrected chi connectivity index (χ4v) is 11.3. The number of aliphatic hydroxyl groups is 1. The summed E-state index contributed by atoms with van der Waals surface area (Å²) in [5, 5.41) is 12.4. The minimum absolute atomic E-state index is 0.155. The third-order valence-electron chi connectivity index (χ3n) is 15.7. The molecule has 9 nitrogen and oxygen atoms in total. The van der Waals surface area contributed by atoms with E-state index in [0.717, 1.165) is 124 Å². The van der Waals surface area contributed by atoms with Gasteiger partial charge in [-0.3, -0.25) is 14.7 Å². The highest BCUT2D eigenvalue weighted by molar-refractivity contribution is 6.74. The molecule has 0 radical (unpaired) electrons. The second-order valence-corrected chi connectivity index (χ2v) is 26.7. The molecule has 0 aromatic heterocycles. The van der Waals surface area contributed by atoms with E-state index < -0.39 is 8.32 Å². The molecule has 388 valence electrons. The van der Waals surface area contributed by atoms with Crippen molar-refractivity contribution in [2.75, 3.05) is 78.7 Å². The minimum Gasteiger partial charge on any atom is -0.449 e. The molecule has 0 spiro atoms. The van der Waals surface area contributed by atoms with Crippen LogP contribution in [0, 0.1) is 0 Å². The number of nitrogens with zero attached hydrogens (tertiary/aromatic N) is 4. The Morgan fingerprint density at radius 3 is 1.51 bits per heavy atom. The first-order valence-electron chi connectivity index (χ1n) is 27.3. The first kappa shape index (κ1) is 55.1. The van der Waals surface area contributed by atoms with Crippen molar-refractivity contribution in [3.8, 4) is 0 Å². The van der Waals surface area contributed by atoms with E-state index in [1.54, 1.807) is 0 Å². The van der Waals surface area contributed by atoms with E-state index in [0.29, 0.717) is 24.2 Å². The van der Waals surface area contributed by atoms with Crippen molar-refractivity contribution in [2.45, 2.75) is 122 Å². The lowest BCUT2D eigenvalue weighted by atomic mass is 9.99. The number of fused-ring (bicyclic) bond motifs is 4. The van der Waals surface area contributed by atoms with Gasteiger partial charge < -0.3 is 24.5 Å². The summed E-state index contributed by atoms with van der Waals surface area (Å²) in [6.07, 6.45) is 8.45. The molecule has 5 aliphatic heterocycles. The van der Waals surface area contributed by atoms with Crippen LogP contribution in [0.2, 0.25) is 18.1 Å². The number of rotatable bonds is 13. The van der Waals surface area contributed by atoms with Gasteiger partial charge in [-0.1, -0.05) is 148 Å². The monoisotopic (exact) mass is 994 g/mol. The Balaban J connectivity index is 0.000000150. The van der Waals surface area contributed by atoms with Crippen LogP contribution in [0.5, 0.6) is 0 Å². The molecule has 0 saturated carbocycles. The SMILES string of the molecule is CC(C)(C)[Si](C)(C)OCCCN1CCc2ccccc2C1.O=C(OCCCN1CCc2ccccc2C1)N1CCC(c2ccccc2)C1.OCCCN1CCc2ccccc2C1.c1ccc2c(c1)CCNC2. The van der Waals surface area contributed by atoms with Crippen molar-refractivity contribution >= 4 is 14.4 Å². The lowest BCUT2D eigenvalue weighted by Crippen LogP contribution is -2.41. The molecule has 0 bridgehead atoms. The Hall–Kier alpha value is -4.65. The summed E-state index contributed by atoms with van der Waals surface area (Å²) in [5.41, 5.74) is 13.2. The van der Waals surface area contributed by atoms with Gasteiger partial charge in [-0.15, -0.1) is 0 Å². The van der Waals surface area contributed by atoms with E-state index in [1.165, 1.54) is 69.5 Å². The average Bonchev–Trinajstić information content (AvgIpc) is 3.92. The molecule has 1 fully saturated rings. The summed E-state index contributed by atoms with van der Waals surface area (Å²) in [6, 6.07) is 45.3. The quantitative estimate of drug-likeness (QED) is 0.0892. The van der Waals surface area contributed by atoms with Gasteiger partial charge in [0.15, 0.2) is 8.32 Å². The molecule has 2 N–H and O–H groups in total. The summed E-state index contributed by atoms with van der Waals surface area (Å²) < 4.78 is 11.8. The molecular formula is C62H87N5O4Si. The Morgan fingerprint density at radius 2 is 1.03 bits per heavy atom. The maximum atomic E-state index is 12.3. The topological polar surface area (TPSA) is 80.8 Å². The predicted molar refractivity (Wildman–Crippen MR) is 299 cm³/mol. The van der Waals surface area contributed by atoms with E-state index in [4.69, 9.17) is 14.3 Å². The first-order valence-corrected chi connectivity index (χ1v) is 30.2. The number of amides is 1. The van der Waals surface area contributed by atoms with Gasteiger partial charge >= 0.3 is 6.09 Å². The van der Waals surface area contributed by atoms with Crippen LogP contribution in [-0.4, -0.2) is 118 Å². The van der Waals surface area contributed by atoms with Crippen LogP contribution in [0.15, 0.2) is 127 Å². The Bertz CT molecular complexity index is 2360. The normalized spacial score (nSPS) is 17.8. The lowest BCUT2D eigenvalue weighted by Gasteiger charge is -2.36. The summed E-state index contributed by atoms with van der Waals surface area (Å²) in [7, 11) is -1.57. The van der Waals surface area contributed by atoms with Crippen LogP contribution in [0.4, 0.5) is 4.79 Å². The third kappa shape index (κ3) is 16.9. The van der Waals surface area contributed by atoms with E-state index in [1.807, 2.05) is 11.0 Å². The standard InChI is InChI=1S/C23H28N2O2.C18H31NOSi.C12H17NO.C9H11N/c26-23(25-15-12-22(18-25)19-7-2-1-3-8-19)27-16-6-13-24-14-11-20-9-4-5-10-21(20)17-24;1-18(2,3)21(4,5)20-14-8-12-19-13-11-16-9-6-7-10-17(16)15-19;14-9-3-7-13-8-6-11-4-1-2-5-12(11)10-13;1-2-4-9-7-10-6-5-8(9)3-1/h1-5,7-10,22H,6,11-18H2;6-7,9-10H,8,11-15H2,1-5H3;1-2,4-5,14H,3,6-10H2;1-4,10H,5-7H2. The van der Waals surface area contributed by atoms with Gasteiger partial charge in [0.05, 0.1) is 6.61 Å². The summed E-state index contributed by atoms with van der Waals surface area (Å²) in [4.78, 5) is 21.6. The summed E-state index contributed by atoms with van der Waals surface area (Å²) >= 11 is 0. The molecular weight excluding hydrogens is 907 g/mol. The number of likely N-dealkylation sites (tertiary alicyclic amines) is 1. The molecule has 10 rings (SSSR count). The van der Waals surface area contributed by atoms with Gasteiger partial charge in [-0.25, -0.2) is 4.79 Å². The van der Waals surface area contributed by atoms with Crippen LogP contribution < -0.4 is 5.32 Å². The Morgan fingerprint density at radius 1 is 0.583 bits per heavy atom. The van der Waals surface area contributed by atoms with Gasteiger partial charge in [0.2, 0.25) is 0 Å². The molecule has 5 heterocycles. The van der Waals surface area contributed by atoms with Gasteiger partial charge in [0.1, 0.15) is 0 Å². The lowest BCUT2D eigenvalue weighted by molar-refractivity contribution is 0.104. The minimum atomic E-state index is -1.57. The van der Waals surface area contributed by atoms with Crippen LogP contribution in [-0.2, 0) is 61.0 Å². The predicted octanol–water partition coefficient (Wildman–Crippen LogP) is 11.3. The van der Waals surface area contributed by atoms with E-state index >= 15 is 0 Å². The fraction of sp³-hybridized carbons (Fsp3) is 0.500. The van der Waals surface area contributed by atoms with Crippen molar-refractivity contribution < 1.29 is 19.1 Å². The van der Waals surface area contributed by atoms with Crippen LogP contribution in [0.3, 0.4) is 0 Å². The van der Waals surface area contributed by atoms with E-state index in [-0.39, 0.29) is 6.09 Å². The number of nitrogens with one attached hydrogen (secondary N) is 1. The molecule has 0 aliphatic carbocycles. The van der Waals surface area contributed by atoms with Crippen molar-refractivity contribution in [3.63, 3.8) is 0 Å². The van der Waals surface area contributed by atoms with Crippen molar-refractivity contribution in [2.24, 2.45) is 0 Å². The van der Waals surface area contributed by atoms with Gasteiger partial charge in [-0.05, 0) is 126 Å². The van der Waals surface area contributed by atoms with Gasteiger partial charge in [0.25, 0.3) is 0 Å². The largest absolute Gasteiger partial charge is 0.449 e. The van der Waals surface area contributed by atoms with E-state index in [2.05, 4.69) is 175 Å². The third-order valence-corrected chi connectivity index (χ3v) is 20.3. The molecule has 1 amide bonds. The van der Waals surface area contributed by atoms with Gasteiger partial charge in [-0.2, -0.15) is 0 Å². The maximum Gasteiger partial charge on any atom is 0.409 e. The van der Waals surface area contributed by atoms with Crippen molar-refractivity contribution in [1.29, 1.82) is 0 Å². The molecule has 5 aromatic carbocycles. The summed E-state index contributed by atoms with van der Waals surface area (Å²) in [6.45, 7) is 26.8. The van der Waals surface area contributed by atoms with Crippen LogP contribution >= 0.6 is 0 Å². The number of hydrogen-bond donors (Lipinski definition) is 2. The highest BCUT2D eigenvalue weighted by Gasteiger charge is 2.37.